The quantitative estimate of drug-likeness (QED) is 0.158. The summed E-state index contributed by atoms with van der Waals surface area (Å²) in [5.41, 5.74) is -0.0162. The van der Waals surface area contributed by atoms with E-state index in [9.17, 15) is 19.7 Å². The monoisotopic (exact) mass is 502 g/mol. The number of nitrogens with zero attached hydrogens (tertiary/aromatic N) is 4. The van der Waals surface area contributed by atoms with Crippen LogP contribution in [-0.4, -0.2) is 33.4 Å². The van der Waals surface area contributed by atoms with Crippen molar-refractivity contribution in [3.8, 4) is 11.5 Å². The van der Waals surface area contributed by atoms with E-state index in [1.54, 1.807) is 25.1 Å². The second kappa shape index (κ2) is 9.69. The van der Waals surface area contributed by atoms with E-state index in [4.69, 9.17) is 9.47 Å². The number of rotatable bonds is 7. The SMILES string of the molecule is CCOc1cc(C=Nn2c(CC)nc3ccc(Br)cc3c2=O)cc([N+](=O)[O-])c1OC(C)=O. The van der Waals surface area contributed by atoms with Crippen LogP contribution in [0.4, 0.5) is 5.69 Å². The molecule has 1 aromatic heterocycles. The van der Waals surface area contributed by atoms with E-state index in [2.05, 4.69) is 26.0 Å². The fourth-order valence-electron chi connectivity index (χ4n) is 2.99. The number of benzene rings is 2. The molecule has 1 heterocycles. The lowest BCUT2D eigenvalue weighted by atomic mass is 10.2. The first-order chi connectivity index (χ1) is 15.2. The van der Waals surface area contributed by atoms with E-state index in [1.807, 2.05) is 6.92 Å². The molecule has 10 nitrogen and oxygen atoms in total. The maximum Gasteiger partial charge on any atom is 0.316 e. The van der Waals surface area contributed by atoms with Crippen molar-refractivity contribution in [2.24, 2.45) is 5.10 Å². The Bertz CT molecular complexity index is 1300. The predicted molar refractivity (Wildman–Crippen MR) is 122 cm³/mol. The molecule has 3 rings (SSSR count). The Morgan fingerprint density at radius 1 is 1.31 bits per heavy atom. The number of hydrogen-bond acceptors (Lipinski definition) is 8. The van der Waals surface area contributed by atoms with E-state index in [-0.39, 0.29) is 29.2 Å². The Balaban J connectivity index is 2.16. The van der Waals surface area contributed by atoms with Gasteiger partial charge in [-0.05, 0) is 31.2 Å². The van der Waals surface area contributed by atoms with Crippen molar-refractivity contribution < 1.29 is 19.2 Å². The number of nitro groups is 1. The molecule has 0 saturated carbocycles. The molecule has 0 saturated heterocycles. The van der Waals surface area contributed by atoms with Crippen molar-refractivity contribution in [2.75, 3.05) is 6.61 Å². The standard InChI is InChI=1S/C21H19BrN4O6/c1-4-19-24-16-7-6-14(22)10-15(16)21(28)25(19)23-11-13-8-17(26(29)30)20(32-12(3)27)18(9-13)31-5-2/h6-11H,4-5H2,1-3H3. The third kappa shape index (κ3) is 4.83. The maximum atomic E-state index is 13.0. The molecule has 2 aromatic carbocycles. The molecule has 0 fully saturated rings. The van der Waals surface area contributed by atoms with Gasteiger partial charge in [-0.3, -0.25) is 19.7 Å². The molecule has 166 valence electrons. The van der Waals surface area contributed by atoms with Crippen molar-refractivity contribution in [3.63, 3.8) is 0 Å². The molecule has 0 aliphatic rings. The van der Waals surface area contributed by atoms with Crippen LogP contribution in [0.1, 0.15) is 32.2 Å². The lowest BCUT2D eigenvalue weighted by Crippen LogP contribution is -2.22. The lowest BCUT2D eigenvalue weighted by molar-refractivity contribution is -0.385. The highest BCUT2D eigenvalue weighted by Crippen LogP contribution is 2.38. The van der Waals surface area contributed by atoms with Crippen LogP contribution in [0.15, 0.2) is 44.7 Å². The third-order valence-electron chi connectivity index (χ3n) is 4.31. The molecular weight excluding hydrogens is 484 g/mol. The largest absolute Gasteiger partial charge is 0.490 e. The Morgan fingerprint density at radius 2 is 2.06 bits per heavy atom. The Labute approximate surface area is 190 Å². The van der Waals surface area contributed by atoms with Crippen LogP contribution in [0.2, 0.25) is 0 Å². The lowest BCUT2D eigenvalue weighted by Gasteiger charge is -2.11. The van der Waals surface area contributed by atoms with Gasteiger partial charge in [-0.25, -0.2) is 4.98 Å². The molecule has 0 aliphatic carbocycles. The summed E-state index contributed by atoms with van der Waals surface area (Å²) in [5.74, 6) is -0.563. The number of ether oxygens (including phenoxy) is 2. The normalized spacial score (nSPS) is 11.1. The van der Waals surface area contributed by atoms with Gasteiger partial charge in [-0.1, -0.05) is 22.9 Å². The summed E-state index contributed by atoms with van der Waals surface area (Å²) in [5, 5.41) is 16.2. The molecular formula is C21H19BrN4O6. The fraction of sp³-hybridized carbons (Fsp3) is 0.238. The first kappa shape index (κ1) is 23.1. The Kier molecular flexibility index (Phi) is 6.98. The molecule has 0 amide bonds. The van der Waals surface area contributed by atoms with Gasteiger partial charge < -0.3 is 9.47 Å². The number of esters is 1. The molecule has 11 heteroatoms. The van der Waals surface area contributed by atoms with Crippen LogP contribution in [0.3, 0.4) is 0 Å². The number of carbonyl (C=O) groups excluding carboxylic acids is 1. The van der Waals surface area contributed by atoms with Crippen LogP contribution >= 0.6 is 15.9 Å². The number of halogens is 1. The average molecular weight is 503 g/mol. The minimum atomic E-state index is -0.719. The van der Waals surface area contributed by atoms with Gasteiger partial charge in [0.25, 0.3) is 5.56 Å². The van der Waals surface area contributed by atoms with Gasteiger partial charge in [0.2, 0.25) is 5.75 Å². The van der Waals surface area contributed by atoms with E-state index < -0.39 is 16.6 Å². The molecule has 0 spiro atoms. The number of fused-ring (bicyclic) bond motifs is 1. The van der Waals surface area contributed by atoms with Gasteiger partial charge in [0, 0.05) is 29.4 Å². The molecule has 0 aliphatic heterocycles. The van der Waals surface area contributed by atoms with Gasteiger partial charge in [-0.15, -0.1) is 0 Å². The van der Waals surface area contributed by atoms with Crippen LogP contribution < -0.4 is 15.0 Å². The first-order valence-corrected chi connectivity index (χ1v) is 10.4. The van der Waals surface area contributed by atoms with E-state index >= 15 is 0 Å². The summed E-state index contributed by atoms with van der Waals surface area (Å²) in [7, 11) is 0. The second-order valence-electron chi connectivity index (χ2n) is 6.56. The van der Waals surface area contributed by atoms with Gasteiger partial charge in [0.05, 0.1) is 28.6 Å². The Hall–Kier alpha value is -3.60. The molecule has 3 aromatic rings. The zero-order chi connectivity index (χ0) is 23.4. The summed E-state index contributed by atoms with van der Waals surface area (Å²) in [6.07, 6.45) is 1.73. The van der Waals surface area contributed by atoms with Gasteiger partial charge in [-0.2, -0.15) is 9.78 Å². The summed E-state index contributed by atoms with van der Waals surface area (Å²) in [4.78, 5) is 39.8. The number of nitro benzene ring substituents is 1. The van der Waals surface area contributed by atoms with E-state index in [0.29, 0.717) is 23.1 Å². The van der Waals surface area contributed by atoms with Gasteiger partial charge in [0.15, 0.2) is 5.75 Å². The molecule has 0 unspecified atom stereocenters. The minimum absolute atomic E-state index is 0.0157. The van der Waals surface area contributed by atoms with E-state index in [1.165, 1.54) is 18.3 Å². The molecule has 0 radical (unpaired) electrons. The maximum absolute atomic E-state index is 13.0. The fourth-order valence-corrected chi connectivity index (χ4v) is 3.36. The smallest absolute Gasteiger partial charge is 0.316 e. The van der Waals surface area contributed by atoms with Crippen LogP contribution in [0, 0.1) is 10.1 Å². The molecule has 32 heavy (non-hydrogen) atoms. The number of hydrogen-bond donors (Lipinski definition) is 0. The topological polar surface area (TPSA) is 126 Å². The first-order valence-electron chi connectivity index (χ1n) is 9.64. The minimum Gasteiger partial charge on any atom is -0.490 e. The van der Waals surface area contributed by atoms with Crippen molar-refractivity contribution in [1.29, 1.82) is 0 Å². The Morgan fingerprint density at radius 3 is 2.69 bits per heavy atom. The van der Waals surface area contributed by atoms with Gasteiger partial charge in [0.1, 0.15) is 5.82 Å². The zero-order valence-corrected chi connectivity index (χ0v) is 19.1. The van der Waals surface area contributed by atoms with Crippen molar-refractivity contribution in [3.05, 3.63) is 66.7 Å². The van der Waals surface area contributed by atoms with Crippen molar-refractivity contribution >= 4 is 44.7 Å². The molecule has 0 N–H and O–H groups in total. The average Bonchev–Trinajstić information content (AvgIpc) is 2.74. The predicted octanol–water partition coefficient (Wildman–Crippen LogP) is 3.84. The van der Waals surface area contributed by atoms with Crippen molar-refractivity contribution in [2.45, 2.75) is 27.2 Å². The number of aromatic nitrogens is 2. The van der Waals surface area contributed by atoms with E-state index in [0.717, 1.165) is 16.1 Å². The summed E-state index contributed by atoms with van der Waals surface area (Å²) in [6.45, 7) is 4.86. The number of aryl methyl sites for hydroxylation is 1. The third-order valence-corrected chi connectivity index (χ3v) is 4.81. The highest BCUT2D eigenvalue weighted by atomic mass is 79.9. The van der Waals surface area contributed by atoms with Crippen LogP contribution in [-0.2, 0) is 11.2 Å². The van der Waals surface area contributed by atoms with Crippen molar-refractivity contribution in [1.82, 2.24) is 9.66 Å². The summed E-state index contributed by atoms with van der Waals surface area (Å²) < 4.78 is 12.3. The zero-order valence-electron chi connectivity index (χ0n) is 17.5. The molecule has 0 atom stereocenters. The molecule has 0 bridgehead atoms. The highest BCUT2D eigenvalue weighted by molar-refractivity contribution is 9.10. The summed E-state index contributed by atoms with van der Waals surface area (Å²) >= 11 is 3.34. The van der Waals surface area contributed by atoms with Gasteiger partial charge >= 0.3 is 11.7 Å². The summed E-state index contributed by atoms with van der Waals surface area (Å²) in [6, 6.07) is 7.81. The second-order valence-corrected chi connectivity index (χ2v) is 7.47. The van der Waals surface area contributed by atoms with Crippen LogP contribution in [0.25, 0.3) is 10.9 Å². The van der Waals surface area contributed by atoms with Crippen LogP contribution in [0.5, 0.6) is 11.5 Å². The number of carbonyl (C=O) groups is 1. The highest BCUT2D eigenvalue weighted by Gasteiger charge is 2.24.